The van der Waals surface area contributed by atoms with E-state index in [1.165, 1.54) is 24.4 Å². The third-order valence-corrected chi connectivity index (χ3v) is 3.02. The van der Waals surface area contributed by atoms with Gasteiger partial charge in [0, 0.05) is 12.3 Å². The molecular formula is C12H7Cl2N3O4. The molecule has 0 bridgehead atoms. The van der Waals surface area contributed by atoms with E-state index >= 15 is 0 Å². The molecule has 0 radical (unpaired) electrons. The fourth-order valence-electron chi connectivity index (χ4n) is 1.54. The van der Waals surface area contributed by atoms with Crippen molar-refractivity contribution in [1.29, 1.82) is 0 Å². The number of aromatic nitrogens is 1. The minimum Gasteiger partial charge on any atom is -0.478 e. The highest BCUT2D eigenvalue weighted by Gasteiger charge is 2.17. The van der Waals surface area contributed by atoms with Crippen molar-refractivity contribution in [2.75, 3.05) is 5.32 Å². The summed E-state index contributed by atoms with van der Waals surface area (Å²) in [5.41, 5.74) is -0.0235. The van der Waals surface area contributed by atoms with E-state index in [0.717, 1.165) is 6.07 Å². The molecule has 0 amide bonds. The normalized spacial score (nSPS) is 10.2. The SMILES string of the molecule is O=C(O)c1ccc(Nc2ncc(Cl)cc2[N+](=O)[O-])c(Cl)c1. The Hall–Kier alpha value is -2.38. The van der Waals surface area contributed by atoms with Crippen molar-refractivity contribution in [3.05, 3.63) is 56.2 Å². The second-order valence-corrected chi connectivity index (χ2v) is 4.75. The maximum atomic E-state index is 10.9. The summed E-state index contributed by atoms with van der Waals surface area (Å²) in [5, 5.41) is 22.7. The first-order valence-corrected chi connectivity index (χ1v) is 6.24. The number of hydrogen-bond donors (Lipinski definition) is 2. The summed E-state index contributed by atoms with van der Waals surface area (Å²) < 4.78 is 0. The molecule has 7 nitrogen and oxygen atoms in total. The third-order valence-electron chi connectivity index (χ3n) is 2.50. The zero-order valence-corrected chi connectivity index (χ0v) is 11.7. The van der Waals surface area contributed by atoms with Gasteiger partial charge in [0.2, 0.25) is 5.82 Å². The highest BCUT2D eigenvalue weighted by molar-refractivity contribution is 6.33. The van der Waals surface area contributed by atoms with Crippen molar-refractivity contribution in [2.24, 2.45) is 0 Å². The second kappa shape index (κ2) is 5.94. The number of carboxylic acids is 1. The average Bonchev–Trinajstić information content (AvgIpc) is 2.42. The quantitative estimate of drug-likeness (QED) is 0.654. The molecule has 2 N–H and O–H groups in total. The standard InChI is InChI=1S/C12H7Cl2N3O4/c13-7-4-10(17(20)21)11(15-5-7)16-9-2-1-6(12(18)19)3-8(9)14/h1-5H,(H,15,16)(H,18,19). The molecule has 2 aromatic rings. The molecule has 0 saturated heterocycles. The first kappa shape index (κ1) is 15.0. The van der Waals surface area contributed by atoms with Crippen molar-refractivity contribution in [3.63, 3.8) is 0 Å². The van der Waals surface area contributed by atoms with Crippen LogP contribution >= 0.6 is 23.2 Å². The van der Waals surface area contributed by atoms with Gasteiger partial charge < -0.3 is 10.4 Å². The summed E-state index contributed by atoms with van der Waals surface area (Å²) >= 11 is 11.6. The van der Waals surface area contributed by atoms with Crippen LogP contribution in [-0.4, -0.2) is 21.0 Å². The molecule has 1 aromatic heterocycles. The summed E-state index contributed by atoms with van der Waals surface area (Å²) in [6, 6.07) is 5.09. The molecule has 0 atom stereocenters. The van der Waals surface area contributed by atoms with Gasteiger partial charge in [-0.15, -0.1) is 0 Å². The average molecular weight is 328 g/mol. The van der Waals surface area contributed by atoms with Crippen LogP contribution in [-0.2, 0) is 0 Å². The van der Waals surface area contributed by atoms with Crippen LogP contribution in [0.3, 0.4) is 0 Å². The van der Waals surface area contributed by atoms with Gasteiger partial charge in [0.25, 0.3) is 0 Å². The minimum atomic E-state index is -1.13. The zero-order chi connectivity index (χ0) is 15.6. The number of aromatic carboxylic acids is 1. The summed E-state index contributed by atoms with van der Waals surface area (Å²) in [6.07, 6.45) is 1.25. The van der Waals surface area contributed by atoms with Gasteiger partial charge in [0.05, 0.1) is 26.2 Å². The Kier molecular flexibility index (Phi) is 4.25. The van der Waals surface area contributed by atoms with E-state index in [4.69, 9.17) is 28.3 Å². The molecule has 1 heterocycles. The van der Waals surface area contributed by atoms with E-state index in [1.54, 1.807) is 0 Å². The molecule has 0 aliphatic heterocycles. The van der Waals surface area contributed by atoms with E-state index in [-0.39, 0.29) is 27.1 Å². The van der Waals surface area contributed by atoms with E-state index in [0.29, 0.717) is 5.69 Å². The number of nitrogens with zero attached hydrogens (tertiary/aromatic N) is 2. The molecule has 9 heteroatoms. The van der Waals surface area contributed by atoms with Gasteiger partial charge in [-0.25, -0.2) is 9.78 Å². The molecule has 0 aliphatic carbocycles. The van der Waals surface area contributed by atoms with Crippen LogP contribution in [0.5, 0.6) is 0 Å². The van der Waals surface area contributed by atoms with Crippen molar-refractivity contribution < 1.29 is 14.8 Å². The molecule has 2 rings (SSSR count). The van der Waals surface area contributed by atoms with E-state index in [2.05, 4.69) is 10.3 Å². The van der Waals surface area contributed by atoms with Crippen molar-refractivity contribution >= 4 is 46.4 Å². The number of pyridine rings is 1. The Bertz CT molecular complexity index is 736. The Morgan fingerprint density at radius 1 is 1.33 bits per heavy atom. The number of rotatable bonds is 4. The summed E-state index contributed by atoms with van der Waals surface area (Å²) in [4.78, 5) is 25.0. The monoisotopic (exact) mass is 327 g/mol. The highest BCUT2D eigenvalue weighted by Crippen LogP contribution is 2.31. The third kappa shape index (κ3) is 3.39. The van der Waals surface area contributed by atoms with E-state index in [1.807, 2.05) is 0 Å². The Balaban J connectivity index is 2.39. The number of nitro groups is 1. The van der Waals surface area contributed by atoms with Crippen LogP contribution < -0.4 is 5.32 Å². The van der Waals surface area contributed by atoms with Crippen LogP contribution in [0.2, 0.25) is 10.0 Å². The largest absolute Gasteiger partial charge is 0.478 e. The molecule has 0 saturated carbocycles. The molecule has 21 heavy (non-hydrogen) atoms. The van der Waals surface area contributed by atoms with Gasteiger partial charge in [0.1, 0.15) is 0 Å². The van der Waals surface area contributed by atoms with Crippen LogP contribution in [0.4, 0.5) is 17.2 Å². The molecule has 1 aromatic carbocycles. The summed E-state index contributed by atoms with van der Waals surface area (Å²) in [7, 11) is 0. The topological polar surface area (TPSA) is 105 Å². The van der Waals surface area contributed by atoms with Crippen LogP contribution in [0.15, 0.2) is 30.5 Å². The fraction of sp³-hybridized carbons (Fsp3) is 0. The molecule has 0 spiro atoms. The molecule has 0 aliphatic rings. The summed E-state index contributed by atoms with van der Waals surface area (Å²) in [6.45, 7) is 0. The van der Waals surface area contributed by atoms with Crippen molar-refractivity contribution in [1.82, 2.24) is 4.98 Å². The first-order chi connectivity index (χ1) is 9.88. The van der Waals surface area contributed by atoms with Gasteiger partial charge in [-0.2, -0.15) is 0 Å². The van der Waals surface area contributed by atoms with Crippen LogP contribution in [0.1, 0.15) is 10.4 Å². The van der Waals surface area contributed by atoms with Gasteiger partial charge in [-0.05, 0) is 18.2 Å². The number of nitrogens with one attached hydrogen (secondary N) is 1. The Morgan fingerprint density at radius 2 is 2.05 bits per heavy atom. The van der Waals surface area contributed by atoms with Crippen molar-refractivity contribution in [3.8, 4) is 0 Å². The fourth-order valence-corrected chi connectivity index (χ4v) is 1.92. The zero-order valence-electron chi connectivity index (χ0n) is 10.2. The van der Waals surface area contributed by atoms with Gasteiger partial charge in [0.15, 0.2) is 0 Å². The molecule has 0 fully saturated rings. The minimum absolute atomic E-state index is 0.00381. The van der Waals surface area contributed by atoms with Crippen LogP contribution in [0, 0.1) is 10.1 Å². The predicted octanol–water partition coefficient (Wildman–Crippen LogP) is 3.74. The lowest BCUT2D eigenvalue weighted by Gasteiger charge is -2.08. The maximum absolute atomic E-state index is 10.9. The maximum Gasteiger partial charge on any atom is 0.335 e. The van der Waals surface area contributed by atoms with Gasteiger partial charge in [-0.1, -0.05) is 23.2 Å². The van der Waals surface area contributed by atoms with Gasteiger partial charge >= 0.3 is 11.7 Å². The number of carbonyl (C=O) groups is 1. The number of halogens is 2. The van der Waals surface area contributed by atoms with E-state index < -0.39 is 10.9 Å². The van der Waals surface area contributed by atoms with Crippen molar-refractivity contribution in [2.45, 2.75) is 0 Å². The lowest BCUT2D eigenvalue weighted by molar-refractivity contribution is -0.384. The lowest BCUT2D eigenvalue weighted by Crippen LogP contribution is -2.01. The molecular weight excluding hydrogens is 321 g/mol. The molecule has 0 unspecified atom stereocenters. The van der Waals surface area contributed by atoms with E-state index in [9.17, 15) is 14.9 Å². The highest BCUT2D eigenvalue weighted by atomic mass is 35.5. The Morgan fingerprint density at radius 3 is 2.62 bits per heavy atom. The first-order valence-electron chi connectivity index (χ1n) is 5.48. The Labute approximate surface area is 128 Å². The number of hydrogen-bond acceptors (Lipinski definition) is 5. The number of benzene rings is 1. The number of anilines is 2. The van der Waals surface area contributed by atoms with Crippen LogP contribution in [0.25, 0.3) is 0 Å². The van der Waals surface area contributed by atoms with Gasteiger partial charge in [-0.3, -0.25) is 10.1 Å². The smallest absolute Gasteiger partial charge is 0.335 e. The molecule has 108 valence electrons. The lowest BCUT2D eigenvalue weighted by atomic mass is 10.2. The number of carboxylic acid groups (broad SMARTS) is 1. The predicted molar refractivity (Wildman–Crippen MR) is 77.6 cm³/mol. The second-order valence-electron chi connectivity index (χ2n) is 3.90. The summed E-state index contributed by atoms with van der Waals surface area (Å²) in [5.74, 6) is -1.17.